The Hall–Kier alpha value is 0.440. The van der Waals surface area contributed by atoms with E-state index in [1.165, 1.54) is 76.2 Å². The molecule has 0 aliphatic heterocycles. The zero-order chi connectivity index (χ0) is 21.9. The molecule has 0 saturated carbocycles. The zero-order valence-corrected chi connectivity index (χ0v) is 21.1. The molecule has 0 unspecified atom stereocenters. The van der Waals surface area contributed by atoms with E-state index in [-0.39, 0.29) is 29.6 Å². The Bertz CT molecular complexity index is 512. The second kappa shape index (κ2) is 21.7. The van der Waals surface area contributed by atoms with Gasteiger partial charge in [-0.05, 0) is 18.4 Å². The summed E-state index contributed by atoms with van der Waals surface area (Å²) < 4.78 is 17.1. The van der Waals surface area contributed by atoms with Gasteiger partial charge in [-0.1, -0.05) is 95.0 Å². The van der Waals surface area contributed by atoms with Crippen molar-refractivity contribution >= 4 is 15.6 Å². The monoisotopic (exact) mass is 459 g/mol. The van der Waals surface area contributed by atoms with E-state index >= 15 is 0 Å². The first-order chi connectivity index (χ1) is 12.9. The van der Waals surface area contributed by atoms with Gasteiger partial charge in [0, 0.05) is 0 Å². The standard InChI is InChI=1S/C18H30.Na.2H3O4P/c1-2-3-4-5-6-7-8-9-10-12-15-18-16-13-11-14-17-18;;2*1-5(2,3)4/h11,13-14,16-17H,2-10,12,15H2,1H3;;2*(H3,1,2,3,4)/q;+1;;/p-6. The molecule has 0 atom stereocenters. The molecule has 0 aromatic heterocycles. The van der Waals surface area contributed by atoms with Crippen LogP contribution < -0.4 is 58.9 Å². The first-order valence-electron chi connectivity index (χ1n) is 9.43. The minimum atomic E-state index is -5.39. The fourth-order valence-corrected chi connectivity index (χ4v) is 2.46. The fourth-order valence-electron chi connectivity index (χ4n) is 2.46. The molecule has 0 aliphatic rings. The van der Waals surface area contributed by atoms with E-state index in [1.807, 2.05) is 0 Å². The van der Waals surface area contributed by atoms with Crippen molar-refractivity contribution in [2.75, 3.05) is 0 Å². The average molecular weight is 459 g/mol. The summed E-state index contributed by atoms with van der Waals surface area (Å²) >= 11 is 0. The molecule has 0 amide bonds. The van der Waals surface area contributed by atoms with E-state index < -0.39 is 15.6 Å². The molecule has 0 bridgehead atoms. The molecule has 0 fully saturated rings. The van der Waals surface area contributed by atoms with Gasteiger partial charge in [0.25, 0.3) is 0 Å². The predicted octanol–water partition coefficient (Wildman–Crippen LogP) is -2.50. The van der Waals surface area contributed by atoms with E-state index in [0.717, 1.165) is 0 Å². The molecule has 0 spiro atoms. The number of hydrogen-bond donors (Lipinski definition) is 0. The van der Waals surface area contributed by atoms with E-state index in [4.69, 9.17) is 38.5 Å². The Labute approximate surface area is 196 Å². The van der Waals surface area contributed by atoms with Gasteiger partial charge in [0.05, 0.1) is 0 Å². The normalized spacial score (nSPS) is 10.7. The van der Waals surface area contributed by atoms with Gasteiger partial charge in [0.2, 0.25) is 0 Å². The van der Waals surface area contributed by atoms with Crippen molar-refractivity contribution < 1.29 is 68.0 Å². The summed E-state index contributed by atoms with van der Waals surface area (Å²) in [4.78, 5) is 51.3. The summed E-state index contributed by atoms with van der Waals surface area (Å²) in [6.07, 6.45) is 15.5. The van der Waals surface area contributed by atoms with E-state index in [2.05, 4.69) is 37.3 Å². The Morgan fingerprint density at radius 1 is 0.621 bits per heavy atom. The molecular formula is C18H30NaO8P2-5. The second-order valence-corrected chi connectivity index (χ2v) is 8.10. The van der Waals surface area contributed by atoms with Gasteiger partial charge in [0.1, 0.15) is 0 Å². The summed E-state index contributed by atoms with van der Waals surface area (Å²) in [5.41, 5.74) is 1.50. The second-order valence-electron chi connectivity index (χ2n) is 6.31. The molecule has 8 nitrogen and oxygen atoms in total. The summed E-state index contributed by atoms with van der Waals surface area (Å²) in [6, 6.07) is 10.9. The van der Waals surface area contributed by atoms with Crippen molar-refractivity contribution in [2.45, 2.75) is 77.6 Å². The molecule has 0 radical (unpaired) electrons. The maximum absolute atomic E-state index is 8.55. The minimum absolute atomic E-state index is 0. The summed E-state index contributed by atoms with van der Waals surface area (Å²) in [5, 5.41) is 0. The van der Waals surface area contributed by atoms with Gasteiger partial charge in [-0.15, -0.1) is 0 Å². The number of benzene rings is 1. The third-order valence-corrected chi connectivity index (χ3v) is 3.66. The molecule has 0 saturated heterocycles. The van der Waals surface area contributed by atoms with Crippen LogP contribution in [0, 0.1) is 0 Å². The number of unbranched alkanes of at least 4 members (excludes halogenated alkanes) is 9. The molecule has 0 N–H and O–H groups in total. The topological polar surface area (TPSA) is 172 Å². The van der Waals surface area contributed by atoms with Crippen LogP contribution in [0.15, 0.2) is 30.3 Å². The van der Waals surface area contributed by atoms with Crippen molar-refractivity contribution in [1.82, 2.24) is 0 Å². The Morgan fingerprint density at radius 3 is 1.28 bits per heavy atom. The average Bonchev–Trinajstić information content (AvgIpc) is 2.54. The van der Waals surface area contributed by atoms with Crippen molar-refractivity contribution in [3.05, 3.63) is 35.9 Å². The minimum Gasteiger partial charge on any atom is -0.822 e. The Kier molecular flexibility index (Phi) is 25.4. The summed E-state index contributed by atoms with van der Waals surface area (Å²) in [7, 11) is -10.8. The molecule has 1 rings (SSSR count). The number of rotatable bonds is 11. The number of phosphoric acid groups is 2. The van der Waals surface area contributed by atoms with Crippen LogP contribution in [0.1, 0.15) is 76.7 Å². The third kappa shape index (κ3) is 47.6. The Balaban J connectivity index is -0.000000512. The van der Waals surface area contributed by atoms with Gasteiger partial charge in [-0.3, -0.25) is 0 Å². The van der Waals surface area contributed by atoms with Crippen LogP contribution in [0.5, 0.6) is 0 Å². The van der Waals surface area contributed by atoms with Crippen LogP contribution in [0.4, 0.5) is 0 Å². The van der Waals surface area contributed by atoms with Crippen LogP contribution in [0.2, 0.25) is 0 Å². The third-order valence-electron chi connectivity index (χ3n) is 3.66. The van der Waals surface area contributed by atoms with E-state index in [9.17, 15) is 0 Å². The maximum atomic E-state index is 8.55. The fraction of sp³-hybridized carbons (Fsp3) is 0.667. The van der Waals surface area contributed by atoms with Gasteiger partial charge in [-0.2, -0.15) is 15.6 Å². The molecule has 166 valence electrons. The van der Waals surface area contributed by atoms with Crippen LogP contribution in [0.3, 0.4) is 0 Å². The van der Waals surface area contributed by atoms with Gasteiger partial charge < -0.3 is 38.5 Å². The van der Waals surface area contributed by atoms with Crippen molar-refractivity contribution in [1.29, 1.82) is 0 Å². The van der Waals surface area contributed by atoms with Gasteiger partial charge in [0.15, 0.2) is 0 Å². The zero-order valence-electron chi connectivity index (χ0n) is 17.3. The van der Waals surface area contributed by atoms with Crippen LogP contribution in [-0.2, 0) is 15.6 Å². The Morgan fingerprint density at radius 2 is 0.931 bits per heavy atom. The van der Waals surface area contributed by atoms with Crippen molar-refractivity contribution in [2.24, 2.45) is 0 Å². The predicted molar refractivity (Wildman–Crippen MR) is 97.2 cm³/mol. The van der Waals surface area contributed by atoms with Crippen LogP contribution in [-0.4, -0.2) is 0 Å². The molecular weight excluding hydrogens is 429 g/mol. The summed E-state index contributed by atoms with van der Waals surface area (Å²) in [6.45, 7) is 2.28. The maximum Gasteiger partial charge on any atom is 1.00 e. The van der Waals surface area contributed by atoms with E-state index in [1.54, 1.807) is 0 Å². The largest absolute Gasteiger partial charge is 1.00 e. The molecule has 1 aromatic carbocycles. The number of aryl methyl sites for hydroxylation is 1. The van der Waals surface area contributed by atoms with Gasteiger partial charge >= 0.3 is 29.6 Å². The molecule has 11 heteroatoms. The van der Waals surface area contributed by atoms with Crippen molar-refractivity contribution in [3.8, 4) is 0 Å². The van der Waals surface area contributed by atoms with Crippen molar-refractivity contribution in [3.63, 3.8) is 0 Å². The van der Waals surface area contributed by atoms with Crippen LogP contribution in [0.25, 0.3) is 0 Å². The first kappa shape index (κ1) is 34.1. The van der Waals surface area contributed by atoms with Gasteiger partial charge in [-0.25, -0.2) is 0 Å². The smallest absolute Gasteiger partial charge is 0.822 e. The molecule has 0 heterocycles. The quantitative estimate of drug-likeness (QED) is 0.198. The first-order valence-corrected chi connectivity index (χ1v) is 12.4. The van der Waals surface area contributed by atoms with E-state index in [0.29, 0.717) is 0 Å². The molecule has 1 aromatic rings. The summed E-state index contributed by atoms with van der Waals surface area (Å²) in [5.74, 6) is 0. The SMILES string of the molecule is CCCCCCCCCCCCc1ccccc1.O=P([O-])([O-])[O-].O=P([O-])([O-])[O-].[Na+]. The number of hydrogen-bond acceptors (Lipinski definition) is 8. The molecule has 29 heavy (non-hydrogen) atoms. The molecule has 0 aliphatic carbocycles. The van der Waals surface area contributed by atoms with Crippen LogP contribution >= 0.6 is 15.6 Å².